The van der Waals surface area contributed by atoms with Gasteiger partial charge in [-0.1, -0.05) is 0 Å². The van der Waals surface area contributed by atoms with Crippen molar-refractivity contribution in [3.8, 4) is 6.07 Å². The Bertz CT molecular complexity index is 406. The third kappa shape index (κ3) is 1.46. The summed E-state index contributed by atoms with van der Waals surface area (Å²) in [7, 11) is 0. The Morgan fingerprint density at radius 1 is 1.46 bits per heavy atom. The zero-order chi connectivity index (χ0) is 9.26. The maximum absolute atomic E-state index is 8.67. The molecule has 0 atom stereocenters. The molecule has 1 heterocycles. The largest absolute Gasteiger partial charge is 0.358 e. The second-order valence-corrected chi connectivity index (χ2v) is 3.20. The lowest BCUT2D eigenvalue weighted by Crippen LogP contribution is -2.33. The van der Waals surface area contributed by atoms with E-state index in [4.69, 9.17) is 17.5 Å². The third-order valence-corrected chi connectivity index (χ3v) is 2.17. The molecule has 0 aliphatic carbocycles. The summed E-state index contributed by atoms with van der Waals surface area (Å²) < 4.78 is 0. The molecule has 0 unspecified atom stereocenters. The molecule has 0 saturated heterocycles. The van der Waals surface area contributed by atoms with Gasteiger partial charge in [0.05, 0.1) is 11.6 Å². The monoisotopic (exact) mass is 189 g/mol. The molecule has 1 aliphatic rings. The second kappa shape index (κ2) is 3.04. The Kier molecular flexibility index (Phi) is 1.87. The van der Waals surface area contributed by atoms with E-state index in [1.165, 1.54) is 0 Å². The van der Waals surface area contributed by atoms with Crippen molar-refractivity contribution < 1.29 is 0 Å². The van der Waals surface area contributed by atoms with Crippen LogP contribution in [0.2, 0.25) is 0 Å². The molecule has 1 aromatic carbocycles. The number of nitriles is 1. The summed E-state index contributed by atoms with van der Waals surface area (Å²) in [5.41, 5.74) is 2.74. The number of nitrogens with one attached hydrogen (secondary N) is 2. The lowest BCUT2D eigenvalue weighted by molar-refractivity contribution is 0.908. The Hall–Kier alpha value is -1.60. The molecule has 0 spiro atoms. The highest BCUT2D eigenvalue weighted by Crippen LogP contribution is 2.19. The normalized spacial score (nSPS) is 13.6. The van der Waals surface area contributed by atoms with E-state index in [0.717, 1.165) is 11.3 Å². The number of rotatable bonds is 0. The molecule has 1 aliphatic heterocycles. The quantitative estimate of drug-likeness (QED) is 0.605. The van der Waals surface area contributed by atoms with Crippen molar-refractivity contribution in [3.05, 3.63) is 29.3 Å². The summed E-state index contributed by atoms with van der Waals surface area (Å²) in [5, 5.41) is 15.3. The molecule has 13 heavy (non-hydrogen) atoms. The zero-order valence-electron chi connectivity index (χ0n) is 6.79. The first-order valence-electron chi connectivity index (χ1n) is 3.87. The van der Waals surface area contributed by atoms with Crippen LogP contribution in [-0.4, -0.2) is 5.11 Å². The number of hydrogen-bond acceptors (Lipinski definition) is 2. The van der Waals surface area contributed by atoms with Crippen LogP contribution in [0.25, 0.3) is 0 Å². The number of thiocarbonyl (C=S) groups is 1. The van der Waals surface area contributed by atoms with E-state index in [2.05, 4.69) is 16.7 Å². The SMILES string of the molecule is N#Cc1ccc2c(c1)CNC(=S)N2. The highest BCUT2D eigenvalue weighted by molar-refractivity contribution is 7.80. The van der Waals surface area contributed by atoms with Crippen LogP contribution in [0.4, 0.5) is 5.69 Å². The number of nitrogens with zero attached hydrogens (tertiary/aromatic N) is 1. The van der Waals surface area contributed by atoms with Gasteiger partial charge in [-0.05, 0) is 36.0 Å². The highest BCUT2D eigenvalue weighted by Gasteiger charge is 2.10. The van der Waals surface area contributed by atoms with Gasteiger partial charge < -0.3 is 10.6 Å². The minimum absolute atomic E-state index is 0.636. The van der Waals surface area contributed by atoms with Crippen LogP contribution in [0, 0.1) is 11.3 Å². The molecule has 2 rings (SSSR count). The molecule has 0 aromatic heterocycles. The van der Waals surface area contributed by atoms with E-state index < -0.39 is 0 Å². The van der Waals surface area contributed by atoms with Gasteiger partial charge >= 0.3 is 0 Å². The van der Waals surface area contributed by atoms with Crippen LogP contribution in [-0.2, 0) is 6.54 Å². The molecule has 0 bridgehead atoms. The van der Waals surface area contributed by atoms with Gasteiger partial charge in [-0.3, -0.25) is 0 Å². The molecule has 1 aromatic rings. The van der Waals surface area contributed by atoms with Crippen LogP contribution in [0.5, 0.6) is 0 Å². The number of anilines is 1. The van der Waals surface area contributed by atoms with Gasteiger partial charge in [0.1, 0.15) is 0 Å². The molecule has 0 fully saturated rings. The highest BCUT2D eigenvalue weighted by atomic mass is 32.1. The molecule has 0 amide bonds. The third-order valence-electron chi connectivity index (χ3n) is 1.92. The van der Waals surface area contributed by atoms with Gasteiger partial charge in [-0.2, -0.15) is 5.26 Å². The van der Waals surface area contributed by atoms with Crippen molar-refractivity contribution in [2.45, 2.75) is 6.54 Å². The second-order valence-electron chi connectivity index (χ2n) is 2.79. The Labute approximate surface area is 81.4 Å². The predicted octanol–water partition coefficient (Wildman–Crippen LogP) is 1.36. The average molecular weight is 189 g/mol. The predicted molar refractivity (Wildman–Crippen MR) is 54.2 cm³/mol. The van der Waals surface area contributed by atoms with Crippen LogP contribution < -0.4 is 10.6 Å². The number of fused-ring (bicyclic) bond motifs is 1. The van der Waals surface area contributed by atoms with Crippen molar-refractivity contribution in [2.24, 2.45) is 0 Å². The number of hydrogen-bond donors (Lipinski definition) is 2. The Morgan fingerprint density at radius 3 is 3.08 bits per heavy atom. The van der Waals surface area contributed by atoms with Gasteiger partial charge in [-0.25, -0.2) is 0 Å². The first-order valence-corrected chi connectivity index (χ1v) is 4.28. The van der Waals surface area contributed by atoms with Crippen LogP contribution in [0.15, 0.2) is 18.2 Å². The van der Waals surface area contributed by atoms with Crippen molar-refractivity contribution in [1.82, 2.24) is 5.32 Å². The van der Waals surface area contributed by atoms with Gasteiger partial charge in [0.2, 0.25) is 0 Å². The first-order chi connectivity index (χ1) is 6.29. The average Bonchev–Trinajstić information content (AvgIpc) is 2.17. The fourth-order valence-corrected chi connectivity index (χ4v) is 1.46. The van der Waals surface area contributed by atoms with E-state index >= 15 is 0 Å². The Balaban J connectivity index is 2.43. The summed E-state index contributed by atoms with van der Waals surface area (Å²) in [6, 6.07) is 7.61. The van der Waals surface area contributed by atoms with Crippen molar-refractivity contribution in [1.29, 1.82) is 5.26 Å². The summed E-state index contributed by atoms with van der Waals surface area (Å²) in [6.07, 6.45) is 0. The lowest BCUT2D eigenvalue weighted by Gasteiger charge is -2.20. The molecule has 0 saturated carbocycles. The first kappa shape index (κ1) is 8.02. The summed E-state index contributed by atoms with van der Waals surface area (Å²) in [6.45, 7) is 0.691. The van der Waals surface area contributed by atoms with Crippen molar-refractivity contribution in [3.63, 3.8) is 0 Å². The molecule has 4 heteroatoms. The van der Waals surface area contributed by atoms with Gasteiger partial charge in [-0.15, -0.1) is 0 Å². The fourth-order valence-electron chi connectivity index (χ4n) is 1.27. The van der Waals surface area contributed by atoms with E-state index in [0.29, 0.717) is 17.2 Å². The fraction of sp³-hybridized carbons (Fsp3) is 0.111. The minimum Gasteiger partial charge on any atom is -0.358 e. The van der Waals surface area contributed by atoms with Crippen molar-refractivity contribution in [2.75, 3.05) is 5.32 Å². The van der Waals surface area contributed by atoms with E-state index in [1.807, 2.05) is 12.1 Å². The molecular weight excluding hydrogens is 182 g/mol. The standard InChI is InChI=1S/C9H7N3S/c10-4-6-1-2-8-7(3-6)5-11-9(13)12-8/h1-3H,5H2,(H2,11,12,13). The van der Waals surface area contributed by atoms with Gasteiger partial charge in [0.15, 0.2) is 5.11 Å². The van der Waals surface area contributed by atoms with Crippen LogP contribution in [0.3, 0.4) is 0 Å². The van der Waals surface area contributed by atoms with Crippen molar-refractivity contribution >= 4 is 23.0 Å². The molecule has 64 valence electrons. The molecule has 3 nitrogen and oxygen atoms in total. The van der Waals surface area contributed by atoms with E-state index in [1.54, 1.807) is 6.07 Å². The maximum atomic E-state index is 8.67. The Morgan fingerprint density at radius 2 is 2.31 bits per heavy atom. The smallest absolute Gasteiger partial charge is 0.171 e. The van der Waals surface area contributed by atoms with E-state index in [9.17, 15) is 0 Å². The van der Waals surface area contributed by atoms with E-state index in [-0.39, 0.29) is 0 Å². The summed E-state index contributed by atoms with van der Waals surface area (Å²) in [5.74, 6) is 0. The van der Waals surface area contributed by atoms with Crippen LogP contribution >= 0.6 is 12.2 Å². The lowest BCUT2D eigenvalue weighted by atomic mass is 10.1. The van der Waals surface area contributed by atoms with Gasteiger partial charge in [0.25, 0.3) is 0 Å². The number of benzene rings is 1. The zero-order valence-corrected chi connectivity index (χ0v) is 7.61. The topological polar surface area (TPSA) is 47.9 Å². The minimum atomic E-state index is 0.636. The summed E-state index contributed by atoms with van der Waals surface area (Å²) in [4.78, 5) is 0. The molecule has 2 N–H and O–H groups in total. The summed E-state index contributed by atoms with van der Waals surface area (Å²) >= 11 is 4.96. The van der Waals surface area contributed by atoms with Gasteiger partial charge in [0, 0.05) is 12.2 Å². The van der Waals surface area contributed by atoms with Crippen LogP contribution in [0.1, 0.15) is 11.1 Å². The maximum Gasteiger partial charge on any atom is 0.171 e. The molecule has 0 radical (unpaired) electrons. The molecular formula is C9H7N3S.